The van der Waals surface area contributed by atoms with Crippen molar-refractivity contribution in [2.24, 2.45) is 0 Å². The van der Waals surface area contributed by atoms with Crippen LogP contribution in [-0.4, -0.2) is 41.8 Å². The van der Waals surface area contributed by atoms with Gasteiger partial charge in [-0.15, -0.1) is 6.42 Å². The molecule has 6 nitrogen and oxygen atoms in total. The molecule has 0 radical (unpaired) electrons. The molecule has 1 aromatic carbocycles. The molecular formula is C19H19F2N3O3. The van der Waals surface area contributed by atoms with Crippen molar-refractivity contribution in [2.45, 2.75) is 19.4 Å². The fourth-order valence-electron chi connectivity index (χ4n) is 3.25. The number of piperazine rings is 1. The first-order valence-electron chi connectivity index (χ1n) is 8.43. The first-order valence-corrected chi connectivity index (χ1v) is 8.43. The Balaban J connectivity index is 2.45. The summed E-state index contributed by atoms with van der Waals surface area (Å²) in [6, 6.07) is 0.896. The number of nitrogens with zero attached hydrogens (tertiary/aromatic N) is 2. The third-order valence-corrected chi connectivity index (χ3v) is 4.78. The summed E-state index contributed by atoms with van der Waals surface area (Å²) in [5.41, 5.74) is -3.14. The molecule has 1 aliphatic heterocycles. The van der Waals surface area contributed by atoms with Crippen LogP contribution in [0.5, 0.6) is 0 Å². The summed E-state index contributed by atoms with van der Waals surface area (Å²) < 4.78 is 31.4. The van der Waals surface area contributed by atoms with Crippen LogP contribution in [0.25, 0.3) is 10.9 Å². The van der Waals surface area contributed by atoms with Gasteiger partial charge in [0.25, 0.3) is 0 Å². The average Bonchev–Trinajstić information content (AvgIpc) is 2.63. The zero-order valence-corrected chi connectivity index (χ0v) is 15.0. The van der Waals surface area contributed by atoms with Gasteiger partial charge in [0.2, 0.25) is 5.43 Å². The van der Waals surface area contributed by atoms with Crippen molar-refractivity contribution in [3.8, 4) is 12.3 Å². The molecule has 0 atom stereocenters. The number of nitrogens with one attached hydrogen (secondary N) is 1. The predicted octanol–water partition coefficient (Wildman–Crippen LogP) is 1.76. The van der Waals surface area contributed by atoms with E-state index < -0.39 is 34.1 Å². The lowest BCUT2D eigenvalue weighted by Crippen LogP contribution is -2.44. The lowest BCUT2D eigenvalue weighted by Gasteiger charge is -2.31. The van der Waals surface area contributed by atoms with E-state index in [9.17, 15) is 19.1 Å². The number of hydrogen-bond acceptors (Lipinski definition) is 4. The highest BCUT2D eigenvalue weighted by Crippen LogP contribution is 2.32. The molecule has 0 spiro atoms. The minimum absolute atomic E-state index is 0.206. The number of aromatic nitrogens is 1. The molecule has 1 saturated heterocycles. The first-order chi connectivity index (χ1) is 12.7. The van der Waals surface area contributed by atoms with Crippen LogP contribution in [0, 0.1) is 24.0 Å². The van der Waals surface area contributed by atoms with E-state index in [0.717, 1.165) is 12.3 Å². The molecule has 2 N–H and O–H groups in total. The average molecular weight is 375 g/mol. The summed E-state index contributed by atoms with van der Waals surface area (Å²) in [7, 11) is 0. The Morgan fingerprint density at radius 1 is 1.33 bits per heavy atom. The van der Waals surface area contributed by atoms with Gasteiger partial charge in [0.15, 0.2) is 5.82 Å². The van der Waals surface area contributed by atoms with Gasteiger partial charge in [-0.25, -0.2) is 13.6 Å². The molecule has 0 unspecified atom stereocenters. The maximum absolute atomic E-state index is 15.5. The van der Waals surface area contributed by atoms with Crippen molar-refractivity contribution in [2.75, 3.05) is 31.1 Å². The van der Waals surface area contributed by atoms with Gasteiger partial charge in [0.05, 0.1) is 16.4 Å². The van der Waals surface area contributed by atoms with Gasteiger partial charge < -0.3 is 19.9 Å². The van der Waals surface area contributed by atoms with Gasteiger partial charge in [-0.05, 0) is 19.9 Å². The number of fused-ring (bicyclic) bond motifs is 1. The van der Waals surface area contributed by atoms with E-state index in [2.05, 4.69) is 11.2 Å². The molecule has 1 aromatic heterocycles. The minimum Gasteiger partial charge on any atom is -0.477 e. The molecule has 27 heavy (non-hydrogen) atoms. The zero-order chi connectivity index (χ0) is 19.9. The molecule has 142 valence electrons. The molecule has 0 saturated carbocycles. The van der Waals surface area contributed by atoms with Crippen LogP contribution in [0.1, 0.15) is 24.2 Å². The van der Waals surface area contributed by atoms with E-state index in [0.29, 0.717) is 26.2 Å². The summed E-state index contributed by atoms with van der Waals surface area (Å²) in [6.07, 6.45) is 6.57. The Hall–Kier alpha value is -2.92. The molecule has 1 fully saturated rings. The second-order valence-corrected chi connectivity index (χ2v) is 6.90. The van der Waals surface area contributed by atoms with E-state index in [1.54, 1.807) is 18.7 Å². The zero-order valence-electron chi connectivity index (χ0n) is 15.0. The molecule has 0 bridgehead atoms. The third-order valence-electron chi connectivity index (χ3n) is 4.78. The molecule has 1 aliphatic rings. The van der Waals surface area contributed by atoms with Gasteiger partial charge in [0.1, 0.15) is 17.1 Å². The quantitative estimate of drug-likeness (QED) is 0.800. The third kappa shape index (κ3) is 3.04. The second-order valence-electron chi connectivity index (χ2n) is 6.90. The highest BCUT2D eigenvalue weighted by Gasteiger charge is 2.29. The summed E-state index contributed by atoms with van der Waals surface area (Å²) in [5.74, 6) is -0.867. The van der Waals surface area contributed by atoms with E-state index in [1.165, 1.54) is 4.57 Å². The van der Waals surface area contributed by atoms with E-state index in [1.807, 2.05) is 0 Å². The maximum Gasteiger partial charge on any atom is 0.341 e. The summed E-state index contributed by atoms with van der Waals surface area (Å²) in [5, 5.41) is 12.1. The van der Waals surface area contributed by atoms with Crippen molar-refractivity contribution in [3.63, 3.8) is 0 Å². The van der Waals surface area contributed by atoms with Crippen LogP contribution < -0.4 is 15.6 Å². The molecular weight excluding hydrogens is 356 g/mol. The van der Waals surface area contributed by atoms with Crippen LogP contribution in [0.3, 0.4) is 0 Å². The molecule has 2 aromatic rings. The Labute approximate surface area is 154 Å². The molecule has 2 heterocycles. The fourth-order valence-corrected chi connectivity index (χ4v) is 3.25. The number of rotatable bonds is 3. The van der Waals surface area contributed by atoms with Gasteiger partial charge in [-0.3, -0.25) is 4.79 Å². The minimum atomic E-state index is -1.49. The number of benzene rings is 1. The maximum atomic E-state index is 15.5. The normalized spacial score (nSPS) is 15.0. The van der Waals surface area contributed by atoms with Crippen molar-refractivity contribution < 1.29 is 18.7 Å². The lowest BCUT2D eigenvalue weighted by molar-refractivity contribution is 0.0694. The second kappa shape index (κ2) is 6.67. The van der Waals surface area contributed by atoms with Crippen LogP contribution in [-0.2, 0) is 5.54 Å². The van der Waals surface area contributed by atoms with Crippen LogP contribution in [0.2, 0.25) is 0 Å². The summed E-state index contributed by atoms with van der Waals surface area (Å²) in [4.78, 5) is 25.5. The smallest absolute Gasteiger partial charge is 0.341 e. The number of carboxylic acid groups (broad SMARTS) is 1. The molecule has 8 heteroatoms. The van der Waals surface area contributed by atoms with Crippen molar-refractivity contribution in [1.82, 2.24) is 9.88 Å². The molecule has 0 aliphatic carbocycles. The summed E-state index contributed by atoms with van der Waals surface area (Å²) >= 11 is 0. The number of halogens is 2. The van der Waals surface area contributed by atoms with Gasteiger partial charge in [-0.1, -0.05) is 5.92 Å². The number of aromatic carboxylic acids is 1. The largest absolute Gasteiger partial charge is 0.477 e. The number of pyridine rings is 1. The highest BCUT2D eigenvalue weighted by molar-refractivity contribution is 5.94. The van der Waals surface area contributed by atoms with Gasteiger partial charge >= 0.3 is 5.97 Å². The lowest BCUT2D eigenvalue weighted by atomic mass is 10.0. The van der Waals surface area contributed by atoms with Crippen LogP contribution in [0.4, 0.5) is 14.5 Å². The van der Waals surface area contributed by atoms with E-state index in [4.69, 9.17) is 6.42 Å². The SMILES string of the molecule is C#CC(C)(C)n1cc(C(=O)O)c(=O)c2cc(F)c(N3CCNCC3)c(F)c21. The predicted molar refractivity (Wildman–Crippen MR) is 98.3 cm³/mol. The molecule has 0 amide bonds. The monoisotopic (exact) mass is 375 g/mol. The number of carboxylic acids is 1. The Kier molecular flexibility index (Phi) is 4.66. The standard InChI is InChI=1S/C19H19F2N3O3/c1-4-19(2,3)24-10-12(18(26)27)17(25)11-9-13(20)16(14(21)15(11)24)23-7-5-22-6-8-23/h1,9-10,22H,5-8H2,2-3H3,(H,26,27). The Bertz CT molecular complexity index is 1030. The van der Waals surface area contributed by atoms with Crippen molar-refractivity contribution >= 4 is 22.6 Å². The Morgan fingerprint density at radius 2 is 1.96 bits per heavy atom. The highest BCUT2D eigenvalue weighted by atomic mass is 19.1. The van der Waals surface area contributed by atoms with Crippen LogP contribution >= 0.6 is 0 Å². The Morgan fingerprint density at radius 3 is 2.52 bits per heavy atom. The topological polar surface area (TPSA) is 74.6 Å². The summed E-state index contributed by atoms with van der Waals surface area (Å²) in [6.45, 7) is 5.09. The fraction of sp³-hybridized carbons (Fsp3) is 0.368. The van der Waals surface area contributed by atoms with Gasteiger partial charge in [0, 0.05) is 32.4 Å². The van der Waals surface area contributed by atoms with Crippen molar-refractivity contribution in [1.29, 1.82) is 0 Å². The number of hydrogen-bond donors (Lipinski definition) is 2. The molecule has 3 rings (SSSR count). The van der Waals surface area contributed by atoms with E-state index in [-0.39, 0.29) is 16.6 Å². The number of anilines is 1. The van der Waals surface area contributed by atoms with Crippen LogP contribution in [0.15, 0.2) is 17.1 Å². The number of terminal acetylenes is 1. The van der Waals surface area contributed by atoms with Gasteiger partial charge in [-0.2, -0.15) is 0 Å². The van der Waals surface area contributed by atoms with E-state index >= 15 is 4.39 Å². The first kappa shape index (κ1) is 18.9. The van der Waals surface area contributed by atoms with Crippen molar-refractivity contribution in [3.05, 3.63) is 39.7 Å². The number of carbonyl (C=O) groups is 1.